The van der Waals surface area contributed by atoms with Gasteiger partial charge < -0.3 is 5.73 Å². The fourth-order valence-corrected chi connectivity index (χ4v) is 0.696. The molecule has 0 saturated carbocycles. The van der Waals surface area contributed by atoms with Crippen molar-refractivity contribution >= 4 is 0 Å². The van der Waals surface area contributed by atoms with E-state index in [0.717, 1.165) is 12.2 Å². The van der Waals surface area contributed by atoms with E-state index in [1.54, 1.807) is 0 Å². The van der Waals surface area contributed by atoms with Crippen LogP contribution in [0.4, 0.5) is 13.2 Å². The van der Waals surface area contributed by atoms with Crippen molar-refractivity contribution in [2.24, 2.45) is 5.73 Å². The van der Waals surface area contributed by atoms with E-state index in [1.807, 2.05) is 0 Å². The number of hydrogen-bond donors (Lipinski definition) is 1. The highest BCUT2D eigenvalue weighted by Gasteiger charge is 2.12. The molecule has 11 heavy (non-hydrogen) atoms. The lowest BCUT2D eigenvalue weighted by Crippen LogP contribution is -1.93. The van der Waals surface area contributed by atoms with Gasteiger partial charge in [-0.15, -0.1) is 0 Å². The SMILES string of the molecule is NC1=CC(F)=C(F)C(F)=CC1. The second-order valence-corrected chi connectivity index (χ2v) is 2.14. The molecule has 0 aromatic carbocycles. The van der Waals surface area contributed by atoms with Crippen molar-refractivity contribution in [1.82, 2.24) is 0 Å². The molecule has 0 amide bonds. The monoisotopic (exact) mass is 161 g/mol. The second-order valence-electron chi connectivity index (χ2n) is 2.14. The van der Waals surface area contributed by atoms with E-state index in [9.17, 15) is 13.2 Å². The molecule has 0 radical (unpaired) electrons. The summed E-state index contributed by atoms with van der Waals surface area (Å²) >= 11 is 0. The van der Waals surface area contributed by atoms with E-state index in [-0.39, 0.29) is 12.1 Å². The Morgan fingerprint density at radius 2 is 1.91 bits per heavy atom. The van der Waals surface area contributed by atoms with Crippen LogP contribution in [-0.4, -0.2) is 0 Å². The maximum atomic E-state index is 12.4. The molecule has 1 rings (SSSR count). The lowest BCUT2D eigenvalue weighted by Gasteiger charge is -1.89. The van der Waals surface area contributed by atoms with Crippen LogP contribution in [0.3, 0.4) is 0 Å². The van der Waals surface area contributed by atoms with Crippen molar-refractivity contribution in [2.45, 2.75) is 6.42 Å². The predicted octanol–water partition coefficient (Wildman–Crippen LogP) is 2.24. The maximum Gasteiger partial charge on any atom is 0.194 e. The molecule has 60 valence electrons. The fraction of sp³-hybridized carbons (Fsp3) is 0.143. The molecule has 0 fully saturated rings. The van der Waals surface area contributed by atoms with Crippen molar-refractivity contribution in [3.63, 3.8) is 0 Å². The smallest absolute Gasteiger partial charge is 0.194 e. The quantitative estimate of drug-likeness (QED) is 0.579. The Morgan fingerprint density at radius 1 is 1.27 bits per heavy atom. The molecular weight excluding hydrogens is 155 g/mol. The van der Waals surface area contributed by atoms with Gasteiger partial charge in [0, 0.05) is 12.1 Å². The Bertz CT molecular complexity index is 263. The third-order valence-corrected chi connectivity index (χ3v) is 1.25. The van der Waals surface area contributed by atoms with Crippen LogP contribution in [0.25, 0.3) is 0 Å². The molecule has 4 heteroatoms. The van der Waals surface area contributed by atoms with Crippen LogP contribution in [0.1, 0.15) is 6.42 Å². The predicted molar refractivity (Wildman–Crippen MR) is 35.3 cm³/mol. The Hall–Kier alpha value is -1.19. The number of allylic oxidation sites excluding steroid dienone is 5. The highest BCUT2D eigenvalue weighted by molar-refractivity contribution is 5.33. The minimum Gasteiger partial charge on any atom is -0.402 e. The van der Waals surface area contributed by atoms with Gasteiger partial charge in [-0.2, -0.15) is 0 Å². The van der Waals surface area contributed by atoms with Crippen molar-refractivity contribution < 1.29 is 13.2 Å². The van der Waals surface area contributed by atoms with Gasteiger partial charge in [-0.1, -0.05) is 0 Å². The van der Waals surface area contributed by atoms with Gasteiger partial charge in [0.15, 0.2) is 17.5 Å². The van der Waals surface area contributed by atoms with Crippen molar-refractivity contribution in [1.29, 1.82) is 0 Å². The summed E-state index contributed by atoms with van der Waals surface area (Å²) in [5.41, 5.74) is 5.26. The largest absolute Gasteiger partial charge is 0.402 e. The maximum absolute atomic E-state index is 12.4. The van der Waals surface area contributed by atoms with Crippen LogP contribution in [0, 0.1) is 0 Å². The zero-order chi connectivity index (χ0) is 8.43. The molecule has 2 N–H and O–H groups in total. The summed E-state index contributed by atoms with van der Waals surface area (Å²) in [5.74, 6) is -3.93. The van der Waals surface area contributed by atoms with E-state index in [2.05, 4.69) is 0 Å². The van der Waals surface area contributed by atoms with E-state index in [0.29, 0.717) is 0 Å². The van der Waals surface area contributed by atoms with E-state index >= 15 is 0 Å². The molecule has 0 aliphatic heterocycles. The molecule has 0 bridgehead atoms. The third-order valence-electron chi connectivity index (χ3n) is 1.25. The highest BCUT2D eigenvalue weighted by Crippen LogP contribution is 2.24. The molecule has 1 aliphatic rings. The molecule has 1 nitrogen and oxygen atoms in total. The lowest BCUT2D eigenvalue weighted by molar-refractivity contribution is 0.504. The van der Waals surface area contributed by atoms with Crippen LogP contribution < -0.4 is 5.73 Å². The first-order chi connectivity index (χ1) is 5.11. The Kier molecular flexibility index (Phi) is 2.03. The molecule has 0 heterocycles. The summed E-state index contributed by atoms with van der Waals surface area (Å²) < 4.78 is 37.1. The zero-order valence-corrected chi connectivity index (χ0v) is 5.57. The first-order valence-electron chi connectivity index (χ1n) is 2.98. The summed E-state index contributed by atoms with van der Waals surface area (Å²) in [7, 11) is 0. The van der Waals surface area contributed by atoms with Gasteiger partial charge in [-0.05, 0) is 12.2 Å². The van der Waals surface area contributed by atoms with Gasteiger partial charge in [0.2, 0.25) is 0 Å². The van der Waals surface area contributed by atoms with Gasteiger partial charge in [0.1, 0.15) is 0 Å². The van der Waals surface area contributed by atoms with Gasteiger partial charge in [-0.3, -0.25) is 0 Å². The Morgan fingerprint density at radius 3 is 2.55 bits per heavy atom. The molecule has 1 aliphatic carbocycles. The van der Waals surface area contributed by atoms with Crippen molar-refractivity contribution in [3.8, 4) is 0 Å². The first kappa shape index (κ1) is 7.91. The second kappa shape index (κ2) is 2.82. The molecule has 0 atom stereocenters. The summed E-state index contributed by atoms with van der Waals surface area (Å²) in [5, 5.41) is 0. The molecular formula is C7H6F3N. The average molecular weight is 161 g/mol. The average Bonchev–Trinajstić information content (AvgIpc) is 2.05. The normalized spacial score (nSPS) is 19.2. The molecule has 0 saturated heterocycles. The van der Waals surface area contributed by atoms with Crippen LogP contribution in [0.5, 0.6) is 0 Å². The lowest BCUT2D eigenvalue weighted by atomic mass is 10.3. The van der Waals surface area contributed by atoms with Crippen LogP contribution in [0.2, 0.25) is 0 Å². The van der Waals surface area contributed by atoms with Crippen molar-refractivity contribution in [2.75, 3.05) is 0 Å². The first-order valence-corrected chi connectivity index (χ1v) is 2.98. The molecule has 0 aromatic rings. The van der Waals surface area contributed by atoms with Crippen molar-refractivity contribution in [3.05, 3.63) is 35.3 Å². The zero-order valence-electron chi connectivity index (χ0n) is 5.57. The van der Waals surface area contributed by atoms with E-state index < -0.39 is 17.5 Å². The van der Waals surface area contributed by atoms with E-state index in [4.69, 9.17) is 5.73 Å². The number of halogens is 3. The molecule has 0 unspecified atom stereocenters. The molecule has 0 aromatic heterocycles. The Balaban J connectivity index is 3.08. The van der Waals surface area contributed by atoms with Crippen LogP contribution in [-0.2, 0) is 0 Å². The van der Waals surface area contributed by atoms with Gasteiger partial charge in [0.25, 0.3) is 0 Å². The van der Waals surface area contributed by atoms with Gasteiger partial charge in [0.05, 0.1) is 0 Å². The summed E-state index contributed by atoms with van der Waals surface area (Å²) in [6.07, 6.45) is 1.71. The number of rotatable bonds is 0. The number of hydrogen-bond acceptors (Lipinski definition) is 1. The Labute approximate surface area is 61.7 Å². The topological polar surface area (TPSA) is 26.0 Å². The fourth-order valence-electron chi connectivity index (χ4n) is 0.696. The molecule has 0 spiro atoms. The summed E-state index contributed by atoms with van der Waals surface area (Å²) in [6.45, 7) is 0. The van der Waals surface area contributed by atoms with E-state index in [1.165, 1.54) is 0 Å². The van der Waals surface area contributed by atoms with Gasteiger partial charge in [-0.25, -0.2) is 13.2 Å². The minimum atomic E-state index is -1.48. The highest BCUT2D eigenvalue weighted by atomic mass is 19.2. The van der Waals surface area contributed by atoms with Crippen LogP contribution in [0.15, 0.2) is 35.3 Å². The summed E-state index contributed by atoms with van der Waals surface area (Å²) in [4.78, 5) is 0. The number of nitrogens with two attached hydrogens (primary N) is 1. The summed E-state index contributed by atoms with van der Waals surface area (Å²) in [6, 6.07) is 0. The minimum absolute atomic E-state index is 0.0344. The third kappa shape index (κ3) is 1.63. The van der Waals surface area contributed by atoms with Crippen LogP contribution >= 0.6 is 0 Å². The van der Waals surface area contributed by atoms with Gasteiger partial charge >= 0.3 is 0 Å². The standard InChI is InChI=1S/C7H6F3N/c8-5-2-1-4(11)3-6(9)7(5)10/h2-3H,1,11H2.